The van der Waals surface area contributed by atoms with Crippen molar-refractivity contribution in [3.8, 4) is 0 Å². The van der Waals surface area contributed by atoms with Gasteiger partial charge in [0.05, 0.1) is 0 Å². The molecule has 5 heteroatoms. The first kappa shape index (κ1) is 24.0. The van der Waals surface area contributed by atoms with Crippen LogP contribution in [0.2, 0.25) is 0 Å². The molecule has 4 nitrogen and oxygen atoms in total. The first-order valence-electron chi connectivity index (χ1n) is 10.8. The topological polar surface area (TPSA) is 49.4 Å². The van der Waals surface area contributed by atoms with Crippen LogP contribution in [0.4, 0.5) is 0 Å². The second-order valence-corrected chi connectivity index (χ2v) is 8.81. The molecule has 0 aliphatic rings. The first-order valence-corrected chi connectivity index (χ1v) is 11.7. The Morgan fingerprint density at radius 3 is 2.40 bits per heavy atom. The van der Waals surface area contributed by atoms with E-state index >= 15 is 0 Å². The maximum atomic E-state index is 13.2. The van der Waals surface area contributed by atoms with Gasteiger partial charge in [0.1, 0.15) is 6.04 Å². The Labute approximate surface area is 185 Å². The fourth-order valence-electron chi connectivity index (χ4n) is 3.33. The van der Waals surface area contributed by atoms with E-state index in [9.17, 15) is 9.59 Å². The molecule has 2 aromatic carbocycles. The summed E-state index contributed by atoms with van der Waals surface area (Å²) in [6.07, 6.45) is 1.88. The Kier molecular flexibility index (Phi) is 9.95. The summed E-state index contributed by atoms with van der Waals surface area (Å²) in [7, 11) is 0. The molecule has 0 aromatic heterocycles. The zero-order valence-electron chi connectivity index (χ0n) is 18.6. The number of carbonyl (C=O) groups is 2. The van der Waals surface area contributed by atoms with Crippen LogP contribution in [0, 0.1) is 13.8 Å². The van der Waals surface area contributed by atoms with Crippen molar-refractivity contribution in [3.63, 3.8) is 0 Å². The van der Waals surface area contributed by atoms with Crippen molar-refractivity contribution in [1.29, 1.82) is 0 Å². The van der Waals surface area contributed by atoms with Crippen molar-refractivity contribution in [2.75, 3.05) is 12.3 Å². The lowest BCUT2D eigenvalue weighted by molar-refractivity contribution is -0.141. The van der Waals surface area contributed by atoms with Crippen molar-refractivity contribution >= 4 is 23.6 Å². The smallest absolute Gasteiger partial charge is 0.242 e. The van der Waals surface area contributed by atoms with Crippen LogP contribution in [0.25, 0.3) is 0 Å². The van der Waals surface area contributed by atoms with Gasteiger partial charge in [0.25, 0.3) is 0 Å². The van der Waals surface area contributed by atoms with Gasteiger partial charge >= 0.3 is 0 Å². The third-order valence-electron chi connectivity index (χ3n) is 4.98. The monoisotopic (exact) mass is 426 g/mol. The van der Waals surface area contributed by atoms with E-state index in [-0.39, 0.29) is 11.8 Å². The molecule has 2 rings (SSSR count). The number of nitrogens with zero attached hydrogens (tertiary/aromatic N) is 1. The zero-order valence-corrected chi connectivity index (χ0v) is 19.4. The molecule has 1 atom stereocenters. The maximum Gasteiger partial charge on any atom is 0.242 e. The van der Waals surface area contributed by atoms with Crippen molar-refractivity contribution in [1.82, 2.24) is 10.2 Å². The average Bonchev–Trinajstić information content (AvgIpc) is 2.73. The number of rotatable bonds is 11. The SMILES string of the molecule is CCCNC(=O)[C@H](CC)N(Cc1cccc(C)c1)C(=O)CCSc1ccc(C)cc1. The van der Waals surface area contributed by atoms with E-state index in [1.807, 2.05) is 39.0 Å². The predicted molar refractivity (Wildman–Crippen MR) is 126 cm³/mol. The van der Waals surface area contributed by atoms with Crippen molar-refractivity contribution in [2.24, 2.45) is 0 Å². The quantitative estimate of drug-likeness (QED) is 0.508. The Balaban J connectivity index is 2.10. The Hall–Kier alpha value is -2.27. The molecule has 0 heterocycles. The predicted octanol–water partition coefficient (Wildman–Crippen LogP) is 5.12. The number of benzene rings is 2. The van der Waals surface area contributed by atoms with Gasteiger partial charge in [0.15, 0.2) is 0 Å². The van der Waals surface area contributed by atoms with Crippen LogP contribution in [-0.4, -0.2) is 35.1 Å². The lowest BCUT2D eigenvalue weighted by atomic mass is 10.1. The first-order chi connectivity index (χ1) is 14.4. The van der Waals surface area contributed by atoms with E-state index in [4.69, 9.17) is 0 Å². The maximum absolute atomic E-state index is 13.2. The molecule has 0 saturated heterocycles. The van der Waals surface area contributed by atoms with E-state index in [0.717, 1.165) is 22.4 Å². The van der Waals surface area contributed by atoms with Crippen LogP contribution in [0.1, 0.15) is 49.8 Å². The second-order valence-electron chi connectivity index (χ2n) is 7.64. The molecule has 0 radical (unpaired) electrons. The van der Waals surface area contributed by atoms with Gasteiger partial charge in [-0.15, -0.1) is 11.8 Å². The third kappa shape index (κ3) is 7.52. The number of hydrogen-bond acceptors (Lipinski definition) is 3. The molecule has 2 amide bonds. The summed E-state index contributed by atoms with van der Waals surface area (Å²) in [4.78, 5) is 28.9. The molecule has 0 fully saturated rings. The molecule has 0 bridgehead atoms. The van der Waals surface area contributed by atoms with E-state index in [0.29, 0.717) is 31.7 Å². The van der Waals surface area contributed by atoms with Crippen LogP contribution >= 0.6 is 11.8 Å². The Bertz CT molecular complexity index is 820. The molecule has 0 aliphatic heterocycles. The number of aryl methyl sites for hydroxylation is 2. The number of amides is 2. The molecule has 0 saturated carbocycles. The fourth-order valence-corrected chi connectivity index (χ4v) is 4.17. The lowest BCUT2D eigenvalue weighted by Gasteiger charge is -2.31. The number of thioether (sulfide) groups is 1. The minimum atomic E-state index is -0.450. The summed E-state index contributed by atoms with van der Waals surface area (Å²) in [5.41, 5.74) is 3.43. The minimum absolute atomic E-state index is 0.0228. The van der Waals surface area contributed by atoms with Gasteiger partial charge in [-0.25, -0.2) is 0 Å². The molecule has 0 spiro atoms. The highest BCUT2D eigenvalue weighted by atomic mass is 32.2. The van der Waals surface area contributed by atoms with Crippen LogP contribution in [0.15, 0.2) is 53.4 Å². The molecule has 1 N–H and O–H groups in total. The van der Waals surface area contributed by atoms with Crippen LogP contribution in [-0.2, 0) is 16.1 Å². The second kappa shape index (κ2) is 12.4. The van der Waals surface area contributed by atoms with E-state index < -0.39 is 6.04 Å². The molecule has 2 aromatic rings. The van der Waals surface area contributed by atoms with Gasteiger partial charge in [0.2, 0.25) is 11.8 Å². The number of carbonyl (C=O) groups excluding carboxylic acids is 2. The summed E-state index contributed by atoms with van der Waals surface area (Å²) in [6.45, 7) is 9.18. The Morgan fingerprint density at radius 1 is 1.03 bits per heavy atom. The summed E-state index contributed by atoms with van der Waals surface area (Å²) in [5.74, 6) is 0.653. The van der Waals surface area contributed by atoms with E-state index in [2.05, 4.69) is 42.6 Å². The van der Waals surface area contributed by atoms with Crippen molar-refractivity contribution in [2.45, 2.75) is 64.4 Å². The molecular weight excluding hydrogens is 392 g/mol. The fraction of sp³-hybridized carbons (Fsp3) is 0.440. The van der Waals surface area contributed by atoms with Gasteiger partial charge < -0.3 is 10.2 Å². The molecule has 0 aliphatic carbocycles. The summed E-state index contributed by atoms with van der Waals surface area (Å²) < 4.78 is 0. The minimum Gasteiger partial charge on any atom is -0.354 e. The molecule has 0 unspecified atom stereocenters. The van der Waals surface area contributed by atoms with Crippen LogP contribution in [0.3, 0.4) is 0 Å². The lowest BCUT2D eigenvalue weighted by Crippen LogP contribution is -2.49. The van der Waals surface area contributed by atoms with E-state index in [1.165, 1.54) is 5.56 Å². The largest absolute Gasteiger partial charge is 0.354 e. The van der Waals surface area contributed by atoms with Gasteiger partial charge in [-0.05, 0) is 44.4 Å². The van der Waals surface area contributed by atoms with Crippen LogP contribution in [0.5, 0.6) is 0 Å². The normalized spacial score (nSPS) is 11.7. The summed E-state index contributed by atoms with van der Waals surface area (Å²) in [6, 6.07) is 16.0. The molecular formula is C25H34N2O2S. The van der Waals surface area contributed by atoms with Crippen molar-refractivity contribution in [3.05, 3.63) is 65.2 Å². The average molecular weight is 427 g/mol. The van der Waals surface area contributed by atoms with Gasteiger partial charge in [-0.2, -0.15) is 0 Å². The zero-order chi connectivity index (χ0) is 21.9. The third-order valence-corrected chi connectivity index (χ3v) is 5.99. The highest BCUT2D eigenvalue weighted by Gasteiger charge is 2.28. The standard InChI is InChI=1S/C25H34N2O2S/c1-5-15-26-25(29)23(6-2)27(18-21-9-7-8-20(4)17-21)24(28)14-16-30-22-12-10-19(3)11-13-22/h7-13,17,23H,5-6,14-16,18H2,1-4H3,(H,26,29)/t23-/m0/s1. The van der Waals surface area contributed by atoms with Crippen LogP contribution < -0.4 is 5.32 Å². The van der Waals surface area contributed by atoms with E-state index in [1.54, 1.807) is 16.7 Å². The number of hydrogen-bond donors (Lipinski definition) is 1. The van der Waals surface area contributed by atoms with Crippen molar-refractivity contribution < 1.29 is 9.59 Å². The van der Waals surface area contributed by atoms with Gasteiger partial charge in [-0.1, -0.05) is 61.4 Å². The van der Waals surface area contributed by atoms with Gasteiger partial charge in [0, 0.05) is 30.2 Å². The number of nitrogens with one attached hydrogen (secondary N) is 1. The molecule has 162 valence electrons. The summed E-state index contributed by atoms with van der Waals surface area (Å²) in [5, 5.41) is 2.97. The summed E-state index contributed by atoms with van der Waals surface area (Å²) >= 11 is 1.68. The highest BCUT2D eigenvalue weighted by molar-refractivity contribution is 7.99. The Morgan fingerprint density at radius 2 is 1.77 bits per heavy atom. The molecule has 30 heavy (non-hydrogen) atoms. The highest BCUT2D eigenvalue weighted by Crippen LogP contribution is 2.21. The van der Waals surface area contributed by atoms with Gasteiger partial charge in [-0.3, -0.25) is 9.59 Å².